The predicted octanol–water partition coefficient (Wildman–Crippen LogP) is -3.11. The fourth-order valence-electron chi connectivity index (χ4n) is 1.24. The standard InChI is InChI=1S/C8H17N5O3/c1-5(8(16)12-11)2-13(3-6(9)14)4-7(10)15/h5H,2-4,11H2,1H3,(H2,9,14)(H2,10,15)(H,12,16). The van der Waals surface area contributed by atoms with Gasteiger partial charge in [0.2, 0.25) is 17.7 Å². The topological polar surface area (TPSA) is 145 Å². The minimum absolute atomic E-state index is 0.134. The number of nitrogens with two attached hydrogens (primary N) is 3. The summed E-state index contributed by atoms with van der Waals surface area (Å²) < 4.78 is 0. The van der Waals surface area contributed by atoms with E-state index in [9.17, 15) is 14.4 Å². The van der Waals surface area contributed by atoms with Crippen molar-refractivity contribution in [1.82, 2.24) is 10.3 Å². The molecule has 0 spiro atoms. The largest absolute Gasteiger partial charge is 0.369 e. The minimum Gasteiger partial charge on any atom is -0.369 e. The van der Waals surface area contributed by atoms with Crippen molar-refractivity contribution < 1.29 is 14.4 Å². The Bertz CT molecular complexity index is 265. The fraction of sp³-hybridized carbons (Fsp3) is 0.625. The molecule has 8 nitrogen and oxygen atoms in total. The van der Waals surface area contributed by atoms with Crippen LogP contribution in [0.4, 0.5) is 0 Å². The number of carbonyl (C=O) groups is 3. The number of amides is 3. The molecule has 0 heterocycles. The number of hydrogen-bond donors (Lipinski definition) is 4. The molecule has 0 aromatic rings. The van der Waals surface area contributed by atoms with Gasteiger partial charge in [0.25, 0.3) is 0 Å². The molecule has 0 bridgehead atoms. The predicted molar refractivity (Wildman–Crippen MR) is 56.3 cm³/mol. The third kappa shape index (κ3) is 5.94. The highest BCUT2D eigenvalue weighted by atomic mass is 16.2. The third-order valence-corrected chi connectivity index (χ3v) is 1.88. The summed E-state index contributed by atoms with van der Waals surface area (Å²) in [5.74, 6) is 2.90. The first-order valence-electron chi connectivity index (χ1n) is 4.66. The van der Waals surface area contributed by atoms with Gasteiger partial charge in [-0.1, -0.05) is 6.92 Å². The number of nitrogens with one attached hydrogen (secondary N) is 1. The van der Waals surface area contributed by atoms with Crippen molar-refractivity contribution in [2.45, 2.75) is 6.92 Å². The molecule has 16 heavy (non-hydrogen) atoms. The molecule has 3 amide bonds. The van der Waals surface area contributed by atoms with Crippen LogP contribution in [0.2, 0.25) is 0 Å². The molecule has 0 aliphatic heterocycles. The summed E-state index contributed by atoms with van der Waals surface area (Å²) in [7, 11) is 0. The van der Waals surface area contributed by atoms with E-state index in [1.54, 1.807) is 6.92 Å². The van der Waals surface area contributed by atoms with E-state index in [2.05, 4.69) is 0 Å². The van der Waals surface area contributed by atoms with Gasteiger partial charge in [0.05, 0.1) is 13.1 Å². The van der Waals surface area contributed by atoms with E-state index in [4.69, 9.17) is 17.3 Å². The molecule has 7 N–H and O–H groups in total. The van der Waals surface area contributed by atoms with Crippen LogP contribution in [-0.2, 0) is 14.4 Å². The monoisotopic (exact) mass is 231 g/mol. The molecule has 1 unspecified atom stereocenters. The number of hydrogen-bond acceptors (Lipinski definition) is 5. The Kier molecular flexibility index (Phi) is 6.04. The van der Waals surface area contributed by atoms with Crippen LogP contribution < -0.4 is 22.7 Å². The quantitative estimate of drug-likeness (QED) is 0.208. The van der Waals surface area contributed by atoms with Gasteiger partial charge in [-0.15, -0.1) is 0 Å². The van der Waals surface area contributed by atoms with Gasteiger partial charge in [-0.3, -0.25) is 24.7 Å². The molecular weight excluding hydrogens is 214 g/mol. The van der Waals surface area contributed by atoms with Crippen molar-refractivity contribution in [2.24, 2.45) is 23.2 Å². The molecule has 0 aliphatic carbocycles. The number of carbonyl (C=O) groups excluding carboxylic acids is 3. The number of rotatable bonds is 7. The van der Waals surface area contributed by atoms with E-state index in [-0.39, 0.29) is 25.5 Å². The highest BCUT2D eigenvalue weighted by molar-refractivity contribution is 5.80. The summed E-state index contributed by atoms with van der Waals surface area (Å²) in [5.41, 5.74) is 12.0. The van der Waals surface area contributed by atoms with Crippen LogP contribution in [0.3, 0.4) is 0 Å². The Labute approximate surface area is 93.1 Å². The molecule has 0 rings (SSSR count). The van der Waals surface area contributed by atoms with Gasteiger partial charge in [-0.2, -0.15) is 0 Å². The average molecular weight is 231 g/mol. The molecule has 0 aromatic heterocycles. The van der Waals surface area contributed by atoms with E-state index in [1.807, 2.05) is 5.43 Å². The third-order valence-electron chi connectivity index (χ3n) is 1.88. The average Bonchev–Trinajstić information content (AvgIpc) is 2.14. The molecule has 0 aromatic carbocycles. The van der Waals surface area contributed by atoms with E-state index in [0.717, 1.165) is 0 Å². The molecule has 92 valence electrons. The second-order valence-electron chi connectivity index (χ2n) is 3.51. The molecule has 0 aliphatic rings. The maximum absolute atomic E-state index is 11.1. The Morgan fingerprint density at radius 2 is 1.62 bits per heavy atom. The van der Waals surface area contributed by atoms with Gasteiger partial charge in [0, 0.05) is 12.5 Å². The lowest BCUT2D eigenvalue weighted by Crippen LogP contribution is -2.45. The van der Waals surface area contributed by atoms with E-state index < -0.39 is 17.7 Å². The Hall–Kier alpha value is -1.67. The van der Waals surface area contributed by atoms with E-state index in [0.29, 0.717) is 0 Å². The first-order valence-corrected chi connectivity index (χ1v) is 4.66. The smallest absolute Gasteiger partial charge is 0.237 e. The number of primary amides is 2. The van der Waals surface area contributed by atoms with Gasteiger partial charge >= 0.3 is 0 Å². The van der Waals surface area contributed by atoms with Crippen LogP contribution in [0.15, 0.2) is 0 Å². The lowest BCUT2D eigenvalue weighted by Gasteiger charge is -2.21. The van der Waals surface area contributed by atoms with Crippen LogP contribution in [0.5, 0.6) is 0 Å². The minimum atomic E-state index is -0.596. The summed E-state index contributed by atoms with van der Waals surface area (Å²) in [6.45, 7) is 1.52. The first kappa shape index (κ1) is 14.3. The Morgan fingerprint density at radius 3 is 1.94 bits per heavy atom. The summed E-state index contributed by atoms with van der Waals surface area (Å²) in [4.78, 5) is 33.9. The fourth-order valence-corrected chi connectivity index (χ4v) is 1.24. The van der Waals surface area contributed by atoms with Crippen molar-refractivity contribution in [3.63, 3.8) is 0 Å². The van der Waals surface area contributed by atoms with Crippen molar-refractivity contribution in [3.8, 4) is 0 Å². The van der Waals surface area contributed by atoms with Gasteiger partial charge in [0.15, 0.2) is 0 Å². The summed E-state index contributed by atoms with van der Waals surface area (Å²) in [6, 6.07) is 0. The van der Waals surface area contributed by atoms with Crippen LogP contribution in [0.25, 0.3) is 0 Å². The zero-order valence-corrected chi connectivity index (χ0v) is 9.10. The normalized spacial score (nSPS) is 12.2. The molecular formula is C8H17N5O3. The lowest BCUT2D eigenvalue weighted by atomic mass is 10.1. The highest BCUT2D eigenvalue weighted by Gasteiger charge is 2.18. The summed E-state index contributed by atoms with van der Waals surface area (Å²) in [5, 5.41) is 0. The maximum atomic E-state index is 11.1. The highest BCUT2D eigenvalue weighted by Crippen LogP contribution is 1.99. The zero-order valence-electron chi connectivity index (χ0n) is 9.10. The van der Waals surface area contributed by atoms with Crippen LogP contribution >= 0.6 is 0 Å². The number of hydrazine groups is 1. The molecule has 0 radical (unpaired) electrons. The van der Waals surface area contributed by atoms with Crippen molar-refractivity contribution in [1.29, 1.82) is 0 Å². The molecule has 1 atom stereocenters. The van der Waals surface area contributed by atoms with Gasteiger partial charge < -0.3 is 11.5 Å². The SMILES string of the molecule is CC(CN(CC(N)=O)CC(N)=O)C(=O)NN. The maximum Gasteiger partial charge on any atom is 0.237 e. The van der Waals surface area contributed by atoms with E-state index in [1.165, 1.54) is 4.90 Å². The zero-order chi connectivity index (χ0) is 12.7. The van der Waals surface area contributed by atoms with Crippen LogP contribution in [-0.4, -0.2) is 42.3 Å². The van der Waals surface area contributed by atoms with Gasteiger partial charge in [-0.05, 0) is 0 Å². The van der Waals surface area contributed by atoms with E-state index >= 15 is 0 Å². The Balaban J connectivity index is 4.34. The molecule has 0 saturated heterocycles. The summed E-state index contributed by atoms with van der Waals surface area (Å²) in [6.07, 6.45) is 0. The molecule has 8 heteroatoms. The van der Waals surface area contributed by atoms with Crippen LogP contribution in [0.1, 0.15) is 6.92 Å². The summed E-state index contributed by atoms with van der Waals surface area (Å²) >= 11 is 0. The van der Waals surface area contributed by atoms with Crippen molar-refractivity contribution in [2.75, 3.05) is 19.6 Å². The second-order valence-corrected chi connectivity index (χ2v) is 3.51. The lowest BCUT2D eigenvalue weighted by molar-refractivity contribution is -0.128. The molecule has 0 saturated carbocycles. The first-order chi connectivity index (χ1) is 7.36. The molecule has 0 fully saturated rings. The second kappa shape index (κ2) is 6.75. The van der Waals surface area contributed by atoms with Crippen LogP contribution in [0, 0.1) is 5.92 Å². The number of nitrogens with zero attached hydrogens (tertiary/aromatic N) is 1. The Morgan fingerprint density at radius 1 is 1.19 bits per heavy atom. The van der Waals surface area contributed by atoms with Crippen molar-refractivity contribution in [3.05, 3.63) is 0 Å². The van der Waals surface area contributed by atoms with Gasteiger partial charge in [-0.25, -0.2) is 5.84 Å². The van der Waals surface area contributed by atoms with Gasteiger partial charge in [0.1, 0.15) is 0 Å². The van der Waals surface area contributed by atoms with Crippen molar-refractivity contribution >= 4 is 17.7 Å².